The molecule has 2 heterocycles. The molecule has 0 bridgehead atoms. The van der Waals surface area contributed by atoms with Crippen LogP contribution in [0.15, 0.2) is 24.5 Å². The molecular weight excluding hydrogens is 332 g/mol. The summed E-state index contributed by atoms with van der Waals surface area (Å²) in [6.45, 7) is 16.3. The maximum atomic E-state index is 5.60. The van der Waals surface area contributed by atoms with Gasteiger partial charge in [-0.2, -0.15) is 0 Å². The maximum Gasteiger partial charge on any atom is 0.138 e. The van der Waals surface area contributed by atoms with E-state index >= 15 is 0 Å². The molecule has 150 valence electrons. The molecular formula is C24H38N2O. The smallest absolute Gasteiger partial charge is 0.138 e. The van der Waals surface area contributed by atoms with Gasteiger partial charge < -0.3 is 4.74 Å². The van der Waals surface area contributed by atoms with E-state index in [-0.39, 0.29) is 0 Å². The second-order valence-electron chi connectivity index (χ2n) is 6.84. The summed E-state index contributed by atoms with van der Waals surface area (Å²) in [4.78, 5) is 8.57. The van der Waals surface area contributed by atoms with Crippen LogP contribution in [0.2, 0.25) is 0 Å². The Balaban J connectivity index is 0.000000229. The van der Waals surface area contributed by atoms with Gasteiger partial charge in [0.05, 0.1) is 12.3 Å². The zero-order valence-corrected chi connectivity index (χ0v) is 18.6. The second kappa shape index (κ2) is 11.7. The van der Waals surface area contributed by atoms with E-state index in [9.17, 15) is 0 Å². The highest BCUT2D eigenvalue weighted by Gasteiger charge is 2.24. The van der Waals surface area contributed by atoms with Crippen molar-refractivity contribution >= 4 is 0 Å². The summed E-state index contributed by atoms with van der Waals surface area (Å²) < 4.78 is 5.60. The van der Waals surface area contributed by atoms with Crippen LogP contribution in [0.4, 0.5) is 0 Å². The Kier molecular flexibility index (Phi) is 10.1. The van der Waals surface area contributed by atoms with Crippen LogP contribution in [0.5, 0.6) is 5.75 Å². The largest absolute Gasteiger partial charge is 0.489 e. The topological polar surface area (TPSA) is 35.0 Å². The molecule has 0 saturated heterocycles. The lowest BCUT2D eigenvalue weighted by molar-refractivity contribution is 0.301. The number of aryl methyl sites for hydroxylation is 4. The zero-order chi connectivity index (χ0) is 20.4. The fourth-order valence-corrected chi connectivity index (χ4v) is 2.36. The Hall–Kier alpha value is -1.90. The summed E-state index contributed by atoms with van der Waals surface area (Å²) in [5, 5.41) is 0. The van der Waals surface area contributed by atoms with Crippen LogP contribution in [0, 0.1) is 27.7 Å². The van der Waals surface area contributed by atoms with Crippen LogP contribution in [-0.4, -0.2) is 16.1 Å². The quantitative estimate of drug-likeness (QED) is 0.591. The van der Waals surface area contributed by atoms with Crippen LogP contribution in [0.25, 0.3) is 0 Å². The van der Waals surface area contributed by atoms with E-state index in [0.717, 1.165) is 23.1 Å². The van der Waals surface area contributed by atoms with Gasteiger partial charge in [0.15, 0.2) is 0 Å². The molecule has 0 aliphatic heterocycles. The Bertz CT molecular complexity index is 689. The van der Waals surface area contributed by atoms with Crippen molar-refractivity contribution in [2.75, 3.05) is 0 Å². The Labute approximate surface area is 166 Å². The van der Waals surface area contributed by atoms with E-state index in [1.165, 1.54) is 42.4 Å². The van der Waals surface area contributed by atoms with Gasteiger partial charge in [-0.05, 0) is 82.1 Å². The Morgan fingerprint density at radius 1 is 0.741 bits per heavy atom. The molecule has 2 aliphatic rings. The van der Waals surface area contributed by atoms with Crippen molar-refractivity contribution in [2.45, 2.75) is 93.1 Å². The third-order valence-corrected chi connectivity index (χ3v) is 4.55. The molecule has 27 heavy (non-hydrogen) atoms. The molecule has 0 amide bonds. The van der Waals surface area contributed by atoms with Crippen molar-refractivity contribution in [3.05, 3.63) is 52.6 Å². The summed E-state index contributed by atoms with van der Waals surface area (Å²) in [5.41, 5.74) is 6.21. The Morgan fingerprint density at radius 3 is 1.70 bits per heavy atom. The van der Waals surface area contributed by atoms with Gasteiger partial charge in [0.25, 0.3) is 0 Å². The number of hydrogen-bond donors (Lipinski definition) is 0. The van der Waals surface area contributed by atoms with Crippen molar-refractivity contribution in [1.82, 2.24) is 9.97 Å². The summed E-state index contributed by atoms with van der Waals surface area (Å²) >= 11 is 0. The van der Waals surface area contributed by atoms with Crippen molar-refractivity contribution in [2.24, 2.45) is 0 Å². The van der Waals surface area contributed by atoms with Crippen LogP contribution < -0.4 is 4.74 Å². The molecule has 3 nitrogen and oxygen atoms in total. The van der Waals surface area contributed by atoms with Gasteiger partial charge >= 0.3 is 0 Å². The van der Waals surface area contributed by atoms with E-state index in [2.05, 4.69) is 42.9 Å². The Morgan fingerprint density at radius 2 is 1.26 bits per heavy atom. The minimum atomic E-state index is 0.467. The number of nitrogens with zero attached hydrogens (tertiary/aromatic N) is 2. The average molecular weight is 371 g/mol. The SMILES string of the molecule is CC.CC.Cc1cc(C2CC2)cnc1C.Cc1cc(OC2CC2)cnc1C. The van der Waals surface area contributed by atoms with Gasteiger partial charge in [-0.25, -0.2) is 0 Å². The number of hydrogen-bond acceptors (Lipinski definition) is 3. The highest BCUT2D eigenvalue weighted by molar-refractivity contribution is 5.28. The molecule has 0 N–H and O–H groups in total. The van der Waals surface area contributed by atoms with Crippen molar-refractivity contribution in [3.8, 4) is 5.75 Å². The fraction of sp³-hybridized carbons (Fsp3) is 0.583. The molecule has 0 atom stereocenters. The standard InChI is InChI=1S/C10H13NO.C10H13N.2C2H6/c1-7-5-10(6-11-8(7)2)12-9-3-4-9;1-7-5-10(9-3-4-9)6-11-8(7)2;2*1-2/h5-6,9H,3-4H2,1-2H3;5-6,9H,3-4H2,1-2H3;2*1-2H3. The number of rotatable bonds is 3. The number of aromatic nitrogens is 2. The van der Waals surface area contributed by atoms with Crippen LogP contribution in [0.1, 0.15) is 87.4 Å². The van der Waals surface area contributed by atoms with Gasteiger partial charge in [0.1, 0.15) is 5.75 Å². The molecule has 2 aromatic rings. The minimum absolute atomic E-state index is 0.467. The van der Waals surface area contributed by atoms with E-state index in [1.54, 1.807) is 6.20 Å². The third kappa shape index (κ3) is 8.11. The van der Waals surface area contributed by atoms with E-state index in [4.69, 9.17) is 4.74 Å². The van der Waals surface area contributed by atoms with Crippen molar-refractivity contribution < 1.29 is 4.74 Å². The number of pyridine rings is 2. The van der Waals surface area contributed by atoms with E-state index in [1.807, 2.05) is 40.8 Å². The normalized spacial score (nSPS) is 14.5. The van der Waals surface area contributed by atoms with Crippen LogP contribution in [-0.2, 0) is 0 Å². The molecule has 0 aromatic carbocycles. The first kappa shape index (κ1) is 23.1. The molecule has 4 rings (SSSR count). The van der Waals surface area contributed by atoms with Crippen LogP contribution >= 0.6 is 0 Å². The predicted molar refractivity (Wildman–Crippen MR) is 116 cm³/mol. The van der Waals surface area contributed by atoms with Gasteiger partial charge in [-0.3, -0.25) is 9.97 Å². The van der Waals surface area contributed by atoms with Crippen molar-refractivity contribution in [1.29, 1.82) is 0 Å². The summed E-state index contributed by atoms with van der Waals surface area (Å²) in [6.07, 6.45) is 9.43. The predicted octanol–water partition coefficient (Wildman–Crippen LogP) is 6.87. The minimum Gasteiger partial charge on any atom is -0.489 e. The molecule has 2 fully saturated rings. The highest BCUT2D eigenvalue weighted by atomic mass is 16.5. The van der Waals surface area contributed by atoms with Crippen molar-refractivity contribution in [3.63, 3.8) is 0 Å². The molecule has 2 aromatic heterocycles. The van der Waals surface area contributed by atoms with Gasteiger partial charge in [-0.1, -0.05) is 33.8 Å². The third-order valence-electron chi connectivity index (χ3n) is 4.55. The zero-order valence-electron chi connectivity index (χ0n) is 18.6. The molecule has 0 radical (unpaired) electrons. The second-order valence-corrected chi connectivity index (χ2v) is 6.84. The van der Waals surface area contributed by atoms with E-state index in [0.29, 0.717) is 6.10 Å². The first-order valence-corrected chi connectivity index (χ1v) is 10.6. The van der Waals surface area contributed by atoms with E-state index < -0.39 is 0 Å². The monoisotopic (exact) mass is 370 g/mol. The first-order chi connectivity index (χ1) is 13.0. The van der Waals surface area contributed by atoms with Gasteiger partial charge in [0.2, 0.25) is 0 Å². The molecule has 2 aliphatic carbocycles. The number of ether oxygens (including phenoxy) is 1. The first-order valence-electron chi connectivity index (χ1n) is 10.6. The molecule has 0 unspecified atom stereocenters. The lowest BCUT2D eigenvalue weighted by Gasteiger charge is -2.05. The highest BCUT2D eigenvalue weighted by Crippen LogP contribution is 2.39. The molecule has 2 saturated carbocycles. The average Bonchev–Trinajstić information content (AvgIpc) is 3.59. The lowest BCUT2D eigenvalue weighted by atomic mass is 10.1. The molecule has 0 spiro atoms. The fourth-order valence-electron chi connectivity index (χ4n) is 2.36. The van der Waals surface area contributed by atoms with Crippen LogP contribution in [0.3, 0.4) is 0 Å². The van der Waals surface area contributed by atoms with Gasteiger partial charge in [0, 0.05) is 17.6 Å². The summed E-state index contributed by atoms with van der Waals surface area (Å²) in [7, 11) is 0. The summed E-state index contributed by atoms with van der Waals surface area (Å²) in [5.74, 6) is 1.75. The molecule has 3 heteroatoms. The van der Waals surface area contributed by atoms with Gasteiger partial charge in [-0.15, -0.1) is 0 Å². The lowest BCUT2D eigenvalue weighted by Crippen LogP contribution is -1.97. The maximum absolute atomic E-state index is 5.60. The summed E-state index contributed by atoms with van der Waals surface area (Å²) in [6, 6.07) is 4.33.